The van der Waals surface area contributed by atoms with Gasteiger partial charge in [-0.3, -0.25) is 9.59 Å². The van der Waals surface area contributed by atoms with Crippen molar-refractivity contribution in [1.82, 2.24) is 9.62 Å². The summed E-state index contributed by atoms with van der Waals surface area (Å²) in [7, 11) is -3.57. The second kappa shape index (κ2) is 8.80. The van der Waals surface area contributed by atoms with Gasteiger partial charge in [0.25, 0.3) is 11.8 Å². The molecule has 0 aromatic heterocycles. The molecule has 2 aromatic rings. The van der Waals surface area contributed by atoms with Gasteiger partial charge in [0.1, 0.15) is 0 Å². The lowest BCUT2D eigenvalue weighted by Gasteiger charge is -2.32. The van der Waals surface area contributed by atoms with E-state index in [0.717, 1.165) is 32.1 Å². The van der Waals surface area contributed by atoms with E-state index < -0.39 is 10.0 Å². The van der Waals surface area contributed by atoms with Gasteiger partial charge >= 0.3 is 0 Å². The summed E-state index contributed by atoms with van der Waals surface area (Å²) in [6.07, 6.45) is 4.82. The topological polar surface area (TPSA) is 95.6 Å². The van der Waals surface area contributed by atoms with Crippen LogP contribution >= 0.6 is 0 Å². The predicted molar refractivity (Wildman–Crippen MR) is 119 cm³/mol. The second-order valence-electron chi connectivity index (χ2n) is 8.26. The molecule has 2 fully saturated rings. The standard InChI is InChI=1S/C23H27N3O4S/c1-16-4-2-3-15-26(16)31(29,30)21-13-7-18(8-14-21)23(28)24-19-9-5-17(6-10-19)22(27)25-20-11-12-20/h5-10,13-14,16,20H,2-4,11-12,15H2,1H3,(H,24,28)(H,25,27). The first-order valence-corrected chi connectivity index (χ1v) is 12.1. The first-order chi connectivity index (χ1) is 14.8. The second-order valence-corrected chi connectivity index (χ2v) is 10.2. The van der Waals surface area contributed by atoms with E-state index >= 15 is 0 Å². The first-order valence-electron chi connectivity index (χ1n) is 10.7. The molecule has 2 N–H and O–H groups in total. The van der Waals surface area contributed by atoms with Gasteiger partial charge in [-0.05, 0) is 81.1 Å². The molecule has 0 spiro atoms. The maximum atomic E-state index is 12.9. The van der Waals surface area contributed by atoms with Crippen LogP contribution in [0.15, 0.2) is 53.4 Å². The summed E-state index contributed by atoms with van der Waals surface area (Å²) in [5.41, 5.74) is 1.47. The number of hydrogen-bond acceptors (Lipinski definition) is 4. The highest BCUT2D eigenvalue weighted by Gasteiger charge is 2.31. The number of carbonyl (C=O) groups is 2. The van der Waals surface area contributed by atoms with Gasteiger partial charge in [0.05, 0.1) is 4.90 Å². The van der Waals surface area contributed by atoms with E-state index in [0.29, 0.717) is 23.4 Å². The van der Waals surface area contributed by atoms with Gasteiger partial charge in [0.2, 0.25) is 10.0 Å². The predicted octanol–water partition coefficient (Wildman–Crippen LogP) is 3.39. The van der Waals surface area contributed by atoms with Crippen LogP contribution < -0.4 is 10.6 Å². The molecule has 2 amide bonds. The molecule has 1 aliphatic heterocycles. The molecular weight excluding hydrogens is 414 g/mol. The number of nitrogens with one attached hydrogen (secondary N) is 2. The van der Waals surface area contributed by atoms with Gasteiger partial charge in [-0.2, -0.15) is 4.31 Å². The van der Waals surface area contributed by atoms with Crippen molar-refractivity contribution in [2.45, 2.75) is 56.0 Å². The van der Waals surface area contributed by atoms with E-state index in [1.165, 1.54) is 24.3 Å². The summed E-state index contributed by atoms with van der Waals surface area (Å²) >= 11 is 0. The highest BCUT2D eigenvalue weighted by Crippen LogP contribution is 2.25. The number of anilines is 1. The Kier molecular flexibility index (Phi) is 6.11. The van der Waals surface area contributed by atoms with Crippen LogP contribution in [0.5, 0.6) is 0 Å². The molecule has 1 atom stereocenters. The molecule has 1 aliphatic carbocycles. The van der Waals surface area contributed by atoms with Gasteiger partial charge in [-0.25, -0.2) is 8.42 Å². The van der Waals surface area contributed by atoms with Crippen LogP contribution in [0, 0.1) is 0 Å². The first kappa shape index (κ1) is 21.5. The Morgan fingerprint density at radius 2 is 1.48 bits per heavy atom. The average Bonchev–Trinajstić information content (AvgIpc) is 3.58. The van der Waals surface area contributed by atoms with Gasteiger partial charge < -0.3 is 10.6 Å². The van der Waals surface area contributed by atoms with Crippen molar-refractivity contribution >= 4 is 27.5 Å². The third kappa shape index (κ3) is 4.97. The number of nitrogens with zero attached hydrogens (tertiary/aromatic N) is 1. The minimum absolute atomic E-state index is 0.0175. The maximum Gasteiger partial charge on any atom is 0.255 e. The number of hydrogen-bond donors (Lipinski definition) is 2. The number of piperidine rings is 1. The fourth-order valence-electron chi connectivity index (χ4n) is 3.75. The number of carbonyl (C=O) groups excluding carboxylic acids is 2. The van der Waals surface area contributed by atoms with E-state index in [1.54, 1.807) is 28.6 Å². The van der Waals surface area contributed by atoms with Crippen molar-refractivity contribution in [3.05, 3.63) is 59.7 Å². The summed E-state index contributed by atoms with van der Waals surface area (Å²) in [5, 5.41) is 5.70. The molecule has 1 heterocycles. The third-order valence-electron chi connectivity index (χ3n) is 5.78. The molecule has 0 bridgehead atoms. The van der Waals surface area contributed by atoms with E-state index in [-0.39, 0.29) is 28.8 Å². The number of benzene rings is 2. The Morgan fingerprint density at radius 1 is 0.871 bits per heavy atom. The highest BCUT2D eigenvalue weighted by molar-refractivity contribution is 7.89. The number of rotatable bonds is 6. The van der Waals surface area contributed by atoms with Crippen molar-refractivity contribution in [3.8, 4) is 0 Å². The van der Waals surface area contributed by atoms with Gasteiger partial charge in [0, 0.05) is 35.4 Å². The Labute approximate surface area is 182 Å². The van der Waals surface area contributed by atoms with Crippen molar-refractivity contribution in [2.24, 2.45) is 0 Å². The van der Waals surface area contributed by atoms with Gasteiger partial charge in [0.15, 0.2) is 0 Å². The molecule has 31 heavy (non-hydrogen) atoms. The van der Waals surface area contributed by atoms with Crippen LogP contribution in [0.25, 0.3) is 0 Å². The number of amides is 2. The molecule has 7 nitrogen and oxygen atoms in total. The molecule has 1 unspecified atom stereocenters. The Bertz CT molecular complexity index is 1060. The zero-order chi connectivity index (χ0) is 22.0. The summed E-state index contributed by atoms with van der Waals surface area (Å²) in [4.78, 5) is 24.8. The third-order valence-corrected chi connectivity index (χ3v) is 7.81. The fraction of sp³-hybridized carbons (Fsp3) is 0.391. The molecule has 0 radical (unpaired) electrons. The smallest absolute Gasteiger partial charge is 0.255 e. The van der Waals surface area contributed by atoms with Crippen LogP contribution in [0.4, 0.5) is 5.69 Å². The zero-order valence-electron chi connectivity index (χ0n) is 17.5. The highest BCUT2D eigenvalue weighted by atomic mass is 32.2. The van der Waals surface area contributed by atoms with Crippen LogP contribution in [0.3, 0.4) is 0 Å². The Morgan fingerprint density at radius 3 is 2.10 bits per heavy atom. The molecule has 8 heteroatoms. The van der Waals surface area contributed by atoms with Crippen molar-refractivity contribution in [3.63, 3.8) is 0 Å². The molecular formula is C23H27N3O4S. The summed E-state index contributed by atoms with van der Waals surface area (Å²) in [5.74, 6) is -0.453. The molecule has 164 valence electrons. The van der Waals surface area contributed by atoms with Crippen molar-refractivity contribution < 1.29 is 18.0 Å². The summed E-state index contributed by atoms with van der Waals surface area (Å²) in [6.45, 7) is 2.46. The molecule has 2 aliphatic rings. The zero-order valence-corrected chi connectivity index (χ0v) is 18.3. The van der Waals surface area contributed by atoms with Crippen LogP contribution in [0.1, 0.15) is 59.7 Å². The lowest BCUT2D eigenvalue weighted by Crippen LogP contribution is -2.41. The van der Waals surface area contributed by atoms with Crippen LogP contribution in [0.2, 0.25) is 0 Å². The molecule has 1 saturated heterocycles. The minimum atomic E-state index is -3.57. The Balaban J connectivity index is 1.40. The normalized spacial score (nSPS) is 19.6. The Hall–Kier alpha value is -2.71. The van der Waals surface area contributed by atoms with E-state index in [2.05, 4.69) is 10.6 Å². The molecule has 2 aromatic carbocycles. The maximum absolute atomic E-state index is 12.9. The quantitative estimate of drug-likeness (QED) is 0.718. The fourth-order valence-corrected chi connectivity index (χ4v) is 5.45. The lowest BCUT2D eigenvalue weighted by atomic mass is 10.1. The van der Waals surface area contributed by atoms with E-state index in [4.69, 9.17) is 0 Å². The molecule has 1 saturated carbocycles. The largest absolute Gasteiger partial charge is 0.349 e. The monoisotopic (exact) mass is 441 g/mol. The minimum Gasteiger partial charge on any atom is -0.349 e. The average molecular weight is 442 g/mol. The van der Waals surface area contributed by atoms with Crippen LogP contribution in [-0.4, -0.2) is 43.2 Å². The van der Waals surface area contributed by atoms with Crippen LogP contribution in [-0.2, 0) is 10.0 Å². The summed E-state index contributed by atoms with van der Waals surface area (Å²) in [6, 6.07) is 13.0. The van der Waals surface area contributed by atoms with E-state index in [9.17, 15) is 18.0 Å². The lowest BCUT2D eigenvalue weighted by molar-refractivity contribution is 0.0950. The van der Waals surface area contributed by atoms with E-state index in [1.807, 2.05) is 6.92 Å². The number of sulfonamides is 1. The molecule has 4 rings (SSSR count). The summed E-state index contributed by atoms with van der Waals surface area (Å²) < 4.78 is 27.4. The van der Waals surface area contributed by atoms with Gasteiger partial charge in [-0.1, -0.05) is 6.42 Å². The van der Waals surface area contributed by atoms with Crippen molar-refractivity contribution in [2.75, 3.05) is 11.9 Å². The van der Waals surface area contributed by atoms with Gasteiger partial charge in [-0.15, -0.1) is 0 Å². The SMILES string of the molecule is CC1CCCCN1S(=O)(=O)c1ccc(C(=O)Nc2ccc(C(=O)NC3CC3)cc2)cc1. The van der Waals surface area contributed by atoms with Crippen molar-refractivity contribution in [1.29, 1.82) is 0 Å².